The van der Waals surface area contributed by atoms with E-state index in [0.29, 0.717) is 22.2 Å². The Morgan fingerprint density at radius 2 is 1.85 bits per heavy atom. The van der Waals surface area contributed by atoms with Crippen molar-refractivity contribution in [1.82, 2.24) is 14.3 Å². The van der Waals surface area contributed by atoms with Crippen LogP contribution in [0.25, 0.3) is 5.69 Å². The van der Waals surface area contributed by atoms with Crippen LogP contribution in [0, 0.1) is 6.92 Å². The summed E-state index contributed by atoms with van der Waals surface area (Å²) in [6, 6.07) is 9.02. The maximum atomic E-state index is 12.9. The van der Waals surface area contributed by atoms with Crippen LogP contribution in [-0.4, -0.2) is 27.4 Å². The van der Waals surface area contributed by atoms with E-state index >= 15 is 0 Å². The van der Waals surface area contributed by atoms with Crippen LogP contribution in [0.1, 0.15) is 36.8 Å². The van der Waals surface area contributed by atoms with Gasteiger partial charge in [-0.3, -0.25) is 4.79 Å². The van der Waals surface area contributed by atoms with Crippen molar-refractivity contribution in [1.29, 1.82) is 0 Å². The van der Waals surface area contributed by atoms with Crippen LogP contribution in [0.15, 0.2) is 42.7 Å². The highest BCUT2D eigenvalue weighted by Gasteiger charge is 2.22. The van der Waals surface area contributed by atoms with Gasteiger partial charge in [-0.05, 0) is 45.9 Å². The highest BCUT2D eigenvalue weighted by atomic mass is 35.5. The summed E-state index contributed by atoms with van der Waals surface area (Å²) >= 11 is 6.43. The number of benzene rings is 1. The van der Waals surface area contributed by atoms with Crippen molar-refractivity contribution in [3.8, 4) is 11.4 Å². The topological polar surface area (TPSA) is 61.1 Å². The van der Waals surface area contributed by atoms with E-state index in [1.165, 1.54) is 7.11 Å². The molecule has 0 aliphatic rings. The lowest BCUT2D eigenvalue weighted by molar-refractivity contribution is 0.102. The van der Waals surface area contributed by atoms with E-state index in [0.717, 1.165) is 11.4 Å². The lowest BCUT2D eigenvalue weighted by atomic mass is 10.1. The normalized spacial score (nSPS) is 11.5. The molecule has 0 atom stereocenters. The fourth-order valence-electron chi connectivity index (χ4n) is 2.87. The summed E-state index contributed by atoms with van der Waals surface area (Å²) in [4.78, 5) is 12.9. The third-order valence-electron chi connectivity index (χ3n) is 4.10. The van der Waals surface area contributed by atoms with Gasteiger partial charge in [0.15, 0.2) is 0 Å². The molecule has 0 aliphatic heterocycles. The van der Waals surface area contributed by atoms with Gasteiger partial charge < -0.3 is 14.6 Å². The molecule has 2 heterocycles. The number of nitrogens with zero attached hydrogens (tertiary/aromatic N) is 3. The summed E-state index contributed by atoms with van der Waals surface area (Å²) in [6.45, 7) is 7.97. The Morgan fingerprint density at radius 3 is 2.44 bits per heavy atom. The van der Waals surface area contributed by atoms with Crippen LogP contribution in [-0.2, 0) is 5.54 Å². The van der Waals surface area contributed by atoms with Crippen LogP contribution in [0.2, 0.25) is 5.02 Å². The number of nitrogens with one attached hydrogen (secondary N) is 1. The number of carbonyl (C=O) groups is 1. The summed E-state index contributed by atoms with van der Waals surface area (Å²) in [6.07, 6.45) is 3.76. The first-order valence-corrected chi connectivity index (χ1v) is 8.98. The van der Waals surface area contributed by atoms with E-state index in [4.69, 9.17) is 16.3 Å². The van der Waals surface area contributed by atoms with Gasteiger partial charge >= 0.3 is 0 Å². The molecule has 1 N–H and O–H groups in total. The summed E-state index contributed by atoms with van der Waals surface area (Å²) in [5.41, 5.74) is 1.66. The minimum atomic E-state index is -0.307. The number of methoxy groups -OCH3 is 1. The summed E-state index contributed by atoms with van der Waals surface area (Å²) in [7, 11) is 1.53. The number of rotatable bonds is 4. The van der Waals surface area contributed by atoms with E-state index in [9.17, 15) is 4.79 Å². The maximum absolute atomic E-state index is 12.9. The van der Waals surface area contributed by atoms with E-state index < -0.39 is 0 Å². The van der Waals surface area contributed by atoms with Crippen LogP contribution >= 0.6 is 11.6 Å². The monoisotopic (exact) mass is 386 g/mol. The van der Waals surface area contributed by atoms with Gasteiger partial charge in [-0.25, -0.2) is 4.68 Å². The van der Waals surface area contributed by atoms with Gasteiger partial charge in [0.05, 0.1) is 34.6 Å². The zero-order valence-corrected chi connectivity index (χ0v) is 16.8. The molecule has 3 rings (SSSR count). The number of ether oxygens (including phenoxy) is 1. The lowest BCUT2D eigenvalue weighted by Gasteiger charge is -2.22. The van der Waals surface area contributed by atoms with Gasteiger partial charge in [0.1, 0.15) is 11.6 Å². The maximum Gasteiger partial charge on any atom is 0.260 e. The lowest BCUT2D eigenvalue weighted by Crippen LogP contribution is -2.27. The molecule has 0 aliphatic carbocycles. The highest BCUT2D eigenvalue weighted by molar-refractivity contribution is 6.33. The van der Waals surface area contributed by atoms with Crippen molar-refractivity contribution in [3.63, 3.8) is 0 Å². The van der Waals surface area contributed by atoms with E-state index in [1.54, 1.807) is 16.8 Å². The van der Waals surface area contributed by atoms with E-state index in [2.05, 4.69) is 10.4 Å². The average Bonchev–Trinajstić information content (AvgIpc) is 3.23. The summed E-state index contributed by atoms with van der Waals surface area (Å²) in [5, 5.41) is 7.86. The predicted molar refractivity (Wildman–Crippen MR) is 107 cm³/mol. The molecule has 142 valence electrons. The third kappa shape index (κ3) is 3.85. The molecule has 0 unspecified atom stereocenters. The van der Waals surface area contributed by atoms with Crippen LogP contribution in [0.4, 0.5) is 5.82 Å². The van der Waals surface area contributed by atoms with Crippen molar-refractivity contribution in [3.05, 3.63) is 59.0 Å². The fourth-order valence-corrected chi connectivity index (χ4v) is 3.13. The SMILES string of the molecule is COc1cc(-n2cccc2)c(Cl)cc1C(=O)Nc1cc(C)nn1C(C)(C)C. The van der Waals surface area contributed by atoms with Gasteiger partial charge in [0, 0.05) is 24.5 Å². The molecule has 1 amide bonds. The standard InChI is InChI=1S/C20H23ClN4O2/c1-13-10-18(25(23-13)20(2,3)4)22-19(26)14-11-15(21)16(12-17(14)27-5)24-8-6-7-9-24/h6-12H,1-5H3,(H,22,26). The van der Waals surface area contributed by atoms with E-state index in [-0.39, 0.29) is 11.4 Å². The first-order chi connectivity index (χ1) is 12.7. The van der Waals surface area contributed by atoms with Crippen molar-refractivity contribution in [2.45, 2.75) is 33.2 Å². The molecule has 27 heavy (non-hydrogen) atoms. The van der Waals surface area contributed by atoms with Crippen LogP contribution in [0.3, 0.4) is 0 Å². The number of amides is 1. The zero-order chi connectivity index (χ0) is 19.8. The second kappa shape index (κ2) is 7.12. The number of anilines is 1. The third-order valence-corrected chi connectivity index (χ3v) is 4.41. The Hall–Kier alpha value is -2.73. The molecule has 0 bridgehead atoms. The molecule has 7 heteroatoms. The average molecular weight is 387 g/mol. The number of aromatic nitrogens is 3. The largest absolute Gasteiger partial charge is 0.496 e. The summed E-state index contributed by atoms with van der Waals surface area (Å²) < 4.78 is 9.11. The molecule has 0 spiro atoms. The van der Waals surface area contributed by atoms with Gasteiger partial charge in [-0.1, -0.05) is 11.6 Å². The Balaban J connectivity index is 1.97. The Morgan fingerprint density at radius 1 is 1.19 bits per heavy atom. The molecule has 3 aromatic rings. The first kappa shape index (κ1) is 19.0. The number of halogens is 1. The number of carbonyl (C=O) groups excluding carboxylic acids is 1. The number of hydrogen-bond donors (Lipinski definition) is 1. The van der Waals surface area contributed by atoms with Gasteiger partial charge in [0.25, 0.3) is 5.91 Å². The van der Waals surface area contributed by atoms with Gasteiger partial charge in [-0.2, -0.15) is 5.10 Å². The fraction of sp³-hybridized carbons (Fsp3) is 0.300. The van der Waals surface area contributed by atoms with Crippen molar-refractivity contribution < 1.29 is 9.53 Å². The summed E-state index contributed by atoms with van der Waals surface area (Å²) in [5.74, 6) is 0.759. The number of hydrogen-bond acceptors (Lipinski definition) is 3. The number of aryl methyl sites for hydroxylation is 1. The quantitative estimate of drug-likeness (QED) is 0.709. The second-order valence-electron chi connectivity index (χ2n) is 7.30. The Labute approximate surface area is 163 Å². The van der Waals surface area contributed by atoms with Gasteiger partial charge in [0.2, 0.25) is 0 Å². The molecular formula is C20H23ClN4O2. The molecule has 1 aromatic carbocycles. The molecule has 0 radical (unpaired) electrons. The zero-order valence-electron chi connectivity index (χ0n) is 16.1. The van der Waals surface area contributed by atoms with Gasteiger partial charge in [-0.15, -0.1) is 0 Å². The highest BCUT2D eigenvalue weighted by Crippen LogP contribution is 2.31. The minimum absolute atomic E-state index is 0.267. The molecule has 0 fully saturated rings. The molecule has 0 saturated heterocycles. The smallest absolute Gasteiger partial charge is 0.260 e. The van der Waals surface area contributed by atoms with Crippen LogP contribution in [0.5, 0.6) is 5.75 Å². The Kier molecular flexibility index (Phi) is 5.02. The molecule has 2 aromatic heterocycles. The predicted octanol–water partition coefficient (Wildman–Crippen LogP) is 4.65. The van der Waals surface area contributed by atoms with E-state index in [1.807, 2.05) is 62.9 Å². The minimum Gasteiger partial charge on any atom is -0.496 e. The molecule has 6 nitrogen and oxygen atoms in total. The molecular weight excluding hydrogens is 364 g/mol. The first-order valence-electron chi connectivity index (χ1n) is 8.60. The van der Waals surface area contributed by atoms with Crippen molar-refractivity contribution in [2.24, 2.45) is 0 Å². The Bertz CT molecular complexity index is 969. The van der Waals surface area contributed by atoms with Crippen molar-refractivity contribution >= 4 is 23.3 Å². The molecule has 0 saturated carbocycles. The van der Waals surface area contributed by atoms with Crippen LogP contribution < -0.4 is 10.1 Å². The van der Waals surface area contributed by atoms with Crippen molar-refractivity contribution in [2.75, 3.05) is 12.4 Å². The second-order valence-corrected chi connectivity index (χ2v) is 7.71.